The van der Waals surface area contributed by atoms with Gasteiger partial charge in [0.2, 0.25) is 5.91 Å². The van der Waals surface area contributed by atoms with Crippen molar-refractivity contribution in [3.63, 3.8) is 0 Å². The SMILES string of the molecule is O=C(CN1C(=O)S/C(=C\C=C\c2ccco2)C1=O)N1CCN(c2ccccc2)CC1. The van der Waals surface area contributed by atoms with Crippen molar-refractivity contribution in [2.45, 2.75) is 0 Å². The van der Waals surface area contributed by atoms with Gasteiger partial charge in [0.05, 0.1) is 11.2 Å². The molecule has 0 aliphatic carbocycles. The molecule has 2 saturated heterocycles. The maximum atomic E-state index is 12.7. The van der Waals surface area contributed by atoms with E-state index in [2.05, 4.69) is 4.90 Å². The Hall–Kier alpha value is -3.26. The van der Waals surface area contributed by atoms with E-state index in [1.165, 1.54) is 0 Å². The molecule has 2 fully saturated rings. The van der Waals surface area contributed by atoms with E-state index in [0.717, 1.165) is 35.4 Å². The van der Waals surface area contributed by atoms with Gasteiger partial charge in [-0.05, 0) is 48.2 Å². The van der Waals surface area contributed by atoms with Crippen LogP contribution >= 0.6 is 11.8 Å². The Bertz CT molecular complexity index is 977. The van der Waals surface area contributed by atoms with Gasteiger partial charge in [0.1, 0.15) is 12.3 Å². The summed E-state index contributed by atoms with van der Waals surface area (Å²) in [5.41, 5.74) is 1.13. The van der Waals surface area contributed by atoms with Gasteiger partial charge in [-0.25, -0.2) is 0 Å². The van der Waals surface area contributed by atoms with Gasteiger partial charge in [-0.1, -0.05) is 24.3 Å². The zero-order valence-corrected chi connectivity index (χ0v) is 17.1. The van der Waals surface area contributed by atoms with Crippen molar-refractivity contribution in [2.24, 2.45) is 0 Å². The first kappa shape index (κ1) is 20.0. The van der Waals surface area contributed by atoms with E-state index in [4.69, 9.17) is 4.42 Å². The highest BCUT2D eigenvalue weighted by Crippen LogP contribution is 2.30. The summed E-state index contributed by atoms with van der Waals surface area (Å²) in [6.07, 6.45) is 6.47. The molecule has 0 unspecified atom stereocenters. The predicted octanol–water partition coefficient (Wildman–Crippen LogP) is 3.22. The van der Waals surface area contributed by atoms with Gasteiger partial charge in [0, 0.05) is 31.9 Å². The number of piperazine rings is 1. The number of furan rings is 1. The molecule has 7 nitrogen and oxygen atoms in total. The average molecular weight is 423 g/mol. The zero-order valence-electron chi connectivity index (χ0n) is 16.3. The highest BCUT2D eigenvalue weighted by Gasteiger charge is 2.37. The summed E-state index contributed by atoms with van der Waals surface area (Å²) in [6.45, 7) is 2.33. The van der Waals surface area contributed by atoms with Crippen LogP contribution in [-0.2, 0) is 9.59 Å². The molecule has 2 aliphatic heterocycles. The summed E-state index contributed by atoms with van der Waals surface area (Å²) >= 11 is 0.843. The van der Waals surface area contributed by atoms with Crippen molar-refractivity contribution >= 4 is 40.6 Å². The Morgan fingerprint density at radius 3 is 2.50 bits per heavy atom. The number of nitrogens with zero attached hydrogens (tertiary/aromatic N) is 3. The minimum absolute atomic E-state index is 0.211. The van der Waals surface area contributed by atoms with Crippen LogP contribution in [0.15, 0.2) is 70.2 Å². The van der Waals surface area contributed by atoms with Crippen LogP contribution in [0, 0.1) is 0 Å². The van der Waals surface area contributed by atoms with E-state index in [1.807, 2.05) is 30.3 Å². The number of amides is 3. The van der Waals surface area contributed by atoms with Gasteiger partial charge in [0.25, 0.3) is 11.1 Å². The van der Waals surface area contributed by atoms with Crippen molar-refractivity contribution in [1.29, 1.82) is 0 Å². The topological polar surface area (TPSA) is 74.1 Å². The van der Waals surface area contributed by atoms with Crippen molar-refractivity contribution in [2.75, 3.05) is 37.6 Å². The van der Waals surface area contributed by atoms with E-state index >= 15 is 0 Å². The Morgan fingerprint density at radius 1 is 1.03 bits per heavy atom. The van der Waals surface area contributed by atoms with Crippen LogP contribution in [0.1, 0.15) is 5.76 Å². The van der Waals surface area contributed by atoms with Crippen LogP contribution in [0.25, 0.3) is 6.08 Å². The smallest absolute Gasteiger partial charge is 0.294 e. The number of para-hydroxylation sites is 1. The largest absolute Gasteiger partial charge is 0.465 e. The third-order valence-corrected chi connectivity index (χ3v) is 5.90. The number of anilines is 1. The molecule has 0 radical (unpaired) electrons. The molecule has 1 aromatic heterocycles. The monoisotopic (exact) mass is 423 g/mol. The highest BCUT2D eigenvalue weighted by molar-refractivity contribution is 8.18. The van der Waals surface area contributed by atoms with Gasteiger partial charge in [-0.15, -0.1) is 0 Å². The molecule has 4 rings (SSSR count). The lowest BCUT2D eigenvalue weighted by Crippen LogP contribution is -2.51. The highest BCUT2D eigenvalue weighted by atomic mass is 32.2. The third kappa shape index (κ3) is 4.49. The number of allylic oxidation sites excluding steroid dienone is 2. The van der Waals surface area contributed by atoms with Gasteiger partial charge in [-0.2, -0.15) is 0 Å². The van der Waals surface area contributed by atoms with Crippen LogP contribution in [0.2, 0.25) is 0 Å². The fourth-order valence-corrected chi connectivity index (χ4v) is 4.14. The normalized spacial score (nSPS) is 18.8. The summed E-state index contributed by atoms with van der Waals surface area (Å²) in [5, 5.41) is -0.422. The quantitative estimate of drug-likeness (QED) is 0.688. The number of imide groups is 1. The molecule has 154 valence electrons. The Morgan fingerprint density at radius 2 is 1.80 bits per heavy atom. The number of benzene rings is 1. The second-order valence-electron chi connectivity index (χ2n) is 6.87. The van der Waals surface area contributed by atoms with E-state index in [-0.39, 0.29) is 12.5 Å². The summed E-state index contributed by atoms with van der Waals surface area (Å²) < 4.78 is 5.18. The maximum absolute atomic E-state index is 12.7. The van der Waals surface area contributed by atoms with Crippen molar-refractivity contribution in [3.8, 4) is 0 Å². The van der Waals surface area contributed by atoms with E-state index in [0.29, 0.717) is 23.8 Å². The first-order valence-corrected chi connectivity index (χ1v) is 10.5. The molecule has 2 aromatic rings. The summed E-state index contributed by atoms with van der Waals surface area (Å²) in [5.74, 6) is -0.00180. The summed E-state index contributed by atoms with van der Waals surface area (Å²) in [6, 6.07) is 13.6. The molecule has 1 aromatic carbocycles. The molecular weight excluding hydrogens is 402 g/mol. The number of carbonyl (C=O) groups is 3. The minimum Gasteiger partial charge on any atom is -0.465 e. The van der Waals surface area contributed by atoms with Crippen molar-refractivity contribution in [3.05, 3.63) is 71.5 Å². The number of thioether (sulfide) groups is 1. The van der Waals surface area contributed by atoms with Gasteiger partial charge in [0.15, 0.2) is 0 Å². The third-order valence-electron chi connectivity index (χ3n) is 4.97. The van der Waals surface area contributed by atoms with Crippen LogP contribution in [0.4, 0.5) is 10.5 Å². The second kappa shape index (κ2) is 9.04. The molecule has 0 spiro atoms. The lowest BCUT2D eigenvalue weighted by Gasteiger charge is -2.36. The molecule has 8 heteroatoms. The number of carbonyl (C=O) groups excluding carboxylic acids is 3. The summed E-state index contributed by atoms with van der Waals surface area (Å²) in [4.78, 5) is 42.7. The van der Waals surface area contributed by atoms with Crippen LogP contribution in [-0.4, -0.2) is 59.6 Å². The molecular formula is C22H21N3O4S. The second-order valence-corrected chi connectivity index (χ2v) is 7.86. The molecule has 0 bridgehead atoms. The lowest BCUT2D eigenvalue weighted by molar-refractivity contribution is -0.136. The van der Waals surface area contributed by atoms with Gasteiger partial charge >= 0.3 is 0 Å². The fraction of sp³-hybridized carbons (Fsp3) is 0.227. The first-order valence-electron chi connectivity index (χ1n) is 9.65. The number of hydrogen-bond acceptors (Lipinski definition) is 6. The maximum Gasteiger partial charge on any atom is 0.294 e. The molecule has 0 saturated carbocycles. The predicted molar refractivity (Wildman–Crippen MR) is 116 cm³/mol. The van der Waals surface area contributed by atoms with E-state index in [1.54, 1.807) is 41.5 Å². The van der Waals surface area contributed by atoms with E-state index in [9.17, 15) is 14.4 Å². The van der Waals surface area contributed by atoms with Crippen molar-refractivity contribution in [1.82, 2.24) is 9.80 Å². The summed E-state index contributed by atoms with van der Waals surface area (Å²) in [7, 11) is 0. The molecule has 2 aliphatic rings. The van der Waals surface area contributed by atoms with Crippen LogP contribution in [0.5, 0.6) is 0 Å². The lowest BCUT2D eigenvalue weighted by atomic mass is 10.2. The minimum atomic E-state index is -0.439. The molecule has 0 atom stereocenters. The Kier molecular flexibility index (Phi) is 6.04. The van der Waals surface area contributed by atoms with Crippen LogP contribution in [0.3, 0.4) is 0 Å². The fourth-order valence-electron chi connectivity index (χ4n) is 3.35. The molecule has 30 heavy (non-hydrogen) atoms. The number of rotatable bonds is 5. The average Bonchev–Trinajstić information content (AvgIpc) is 3.38. The zero-order chi connectivity index (χ0) is 20.9. The van der Waals surface area contributed by atoms with Crippen molar-refractivity contribution < 1.29 is 18.8 Å². The van der Waals surface area contributed by atoms with Crippen LogP contribution < -0.4 is 4.90 Å². The van der Waals surface area contributed by atoms with Gasteiger partial charge in [-0.3, -0.25) is 19.3 Å². The number of hydrogen-bond donors (Lipinski definition) is 0. The molecule has 0 N–H and O–H groups in total. The standard InChI is InChI=1S/C22H21N3O4S/c26-20(24-13-11-23(12-14-24)17-6-2-1-3-7-17)16-25-21(27)19(30-22(25)28)10-4-8-18-9-5-15-29-18/h1-10,15H,11-14,16H2/b8-4+,19-10-. The molecule has 3 heterocycles. The van der Waals surface area contributed by atoms with E-state index < -0.39 is 11.1 Å². The Labute approximate surface area is 178 Å². The van der Waals surface area contributed by atoms with Gasteiger partial charge < -0.3 is 14.2 Å². The first-order chi connectivity index (χ1) is 14.6. The Balaban J connectivity index is 1.32. The molecule has 3 amide bonds.